The van der Waals surface area contributed by atoms with Crippen molar-refractivity contribution in [2.75, 3.05) is 0 Å². The van der Waals surface area contributed by atoms with Crippen molar-refractivity contribution < 1.29 is 14.4 Å². The van der Waals surface area contributed by atoms with E-state index >= 15 is 0 Å². The maximum absolute atomic E-state index is 12.5. The third kappa shape index (κ3) is 3.04. The van der Waals surface area contributed by atoms with E-state index in [2.05, 4.69) is 21.9 Å². The second kappa shape index (κ2) is 7.02. The molecule has 0 radical (unpaired) electrons. The molecule has 2 aromatic heterocycles. The van der Waals surface area contributed by atoms with Crippen molar-refractivity contribution in [2.45, 2.75) is 20.4 Å². The molecule has 0 aliphatic rings. The van der Waals surface area contributed by atoms with E-state index in [1.807, 2.05) is 44.2 Å². The average Bonchev–Trinajstić information content (AvgIpc) is 3.24. The van der Waals surface area contributed by atoms with Gasteiger partial charge in [-0.1, -0.05) is 35.5 Å². The van der Waals surface area contributed by atoms with Gasteiger partial charge >= 0.3 is 0 Å². The van der Waals surface area contributed by atoms with Crippen LogP contribution >= 0.6 is 0 Å². The molecule has 0 saturated carbocycles. The van der Waals surface area contributed by atoms with Gasteiger partial charge in [-0.2, -0.15) is 0 Å². The number of amides is 1. The highest BCUT2D eigenvalue weighted by atomic mass is 16.5. The molecule has 1 amide bonds. The van der Waals surface area contributed by atoms with Gasteiger partial charge in [-0.3, -0.25) is 4.79 Å². The zero-order chi connectivity index (χ0) is 21.7. The molecular formula is C25H21N3O3. The Balaban J connectivity index is 1.90. The SMILES string of the molecule is Cc1noc(C)c1-c1cc(C(N)=O)c2c3cc(O)ccc3n(Cc3ccccc3)c2c1. The molecule has 6 nitrogen and oxygen atoms in total. The number of aromatic nitrogens is 2. The monoisotopic (exact) mass is 411 g/mol. The summed E-state index contributed by atoms with van der Waals surface area (Å²) in [7, 11) is 0. The first-order chi connectivity index (χ1) is 14.9. The van der Waals surface area contributed by atoms with E-state index in [4.69, 9.17) is 10.3 Å². The molecule has 6 heteroatoms. The first kappa shape index (κ1) is 18.9. The lowest BCUT2D eigenvalue weighted by molar-refractivity contribution is 0.100. The summed E-state index contributed by atoms with van der Waals surface area (Å²) in [5, 5.41) is 15.7. The molecule has 0 aliphatic heterocycles. The molecule has 0 saturated heterocycles. The molecular weight excluding hydrogens is 390 g/mol. The van der Waals surface area contributed by atoms with E-state index in [1.54, 1.807) is 18.2 Å². The van der Waals surface area contributed by atoms with E-state index < -0.39 is 5.91 Å². The van der Waals surface area contributed by atoms with Crippen molar-refractivity contribution in [3.63, 3.8) is 0 Å². The normalized spacial score (nSPS) is 11.4. The Kier molecular flexibility index (Phi) is 4.29. The van der Waals surface area contributed by atoms with Crippen molar-refractivity contribution >= 4 is 27.7 Å². The summed E-state index contributed by atoms with van der Waals surface area (Å²) in [6.07, 6.45) is 0. The van der Waals surface area contributed by atoms with E-state index in [1.165, 1.54) is 0 Å². The number of fused-ring (bicyclic) bond motifs is 3. The van der Waals surface area contributed by atoms with Gasteiger partial charge < -0.3 is 19.9 Å². The van der Waals surface area contributed by atoms with Crippen LogP contribution in [0.2, 0.25) is 0 Å². The fraction of sp³-hybridized carbons (Fsp3) is 0.120. The van der Waals surface area contributed by atoms with Crippen LogP contribution in [0.15, 0.2) is 65.2 Å². The minimum atomic E-state index is -0.527. The van der Waals surface area contributed by atoms with E-state index in [0.717, 1.165) is 44.2 Å². The van der Waals surface area contributed by atoms with Crippen molar-refractivity contribution in [2.24, 2.45) is 5.73 Å². The number of phenols is 1. The van der Waals surface area contributed by atoms with Crippen LogP contribution in [-0.2, 0) is 6.54 Å². The van der Waals surface area contributed by atoms with Crippen molar-refractivity contribution in [1.82, 2.24) is 9.72 Å². The smallest absolute Gasteiger partial charge is 0.249 e. The Bertz CT molecular complexity index is 1440. The number of hydrogen-bond donors (Lipinski definition) is 2. The number of benzene rings is 3. The zero-order valence-corrected chi connectivity index (χ0v) is 17.2. The maximum Gasteiger partial charge on any atom is 0.249 e. The number of carbonyl (C=O) groups excluding carboxylic acids is 1. The minimum absolute atomic E-state index is 0.136. The zero-order valence-electron chi connectivity index (χ0n) is 17.2. The van der Waals surface area contributed by atoms with Crippen LogP contribution in [0.1, 0.15) is 27.4 Å². The lowest BCUT2D eigenvalue weighted by atomic mass is 9.97. The van der Waals surface area contributed by atoms with E-state index in [9.17, 15) is 9.90 Å². The van der Waals surface area contributed by atoms with Gasteiger partial charge in [0.1, 0.15) is 11.5 Å². The van der Waals surface area contributed by atoms with Gasteiger partial charge in [0.2, 0.25) is 5.91 Å². The number of primary amides is 1. The second-order valence-corrected chi connectivity index (χ2v) is 7.75. The summed E-state index contributed by atoms with van der Waals surface area (Å²) >= 11 is 0. The predicted octanol–water partition coefficient (Wildman–Crippen LogP) is 4.92. The molecule has 3 N–H and O–H groups in total. The summed E-state index contributed by atoms with van der Waals surface area (Å²) < 4.78 is 7.50. The summed E-state index contributed by atoms with van der Waals surface area (Å²) in [6, 6.07) is 19.1. The lowest BCUT2D eigenvalue weighted by Crippen LogP contribution is -2.12. The molecule has 5 rings (SSSR count). The molecule has 154 valence electrons. The Morgan fingerprint density at radius 3 is 2.52 bits per heavy atom. The molecule has 2 heterocycles. The highest BCUT2D eigenvalue weighted by Gasteiger charge is 2.21. The fourth-order valence-electron chi connectivity index (χ4n) is 4.38. The van der Waals surface area contributed by atoms with Crippen LogP contribution in [0.3, 0.4) is 0 Å². The number of nitrogens with two attached hydrogens (primary N) is 1. The summed E-state index contributed by atoms with van der Waals surface area (Å²) in [5.41, 5.74) is 11.5. The Labute approximate surface area is 178 Å². The van der Waals surface area contributed by atoms with Crippen LogP contribution in [0.25, 0.3) is 32.9 Å². The number of aromatic hydroxyl groups is 1. The molecule has 3 aromatic carbocycles. The molecule has 0 bridgehead atoms. The van der Waals surface area contributed by atoms with E-state index in [0.29, 0.717) is 17.9 Å². The number of phenolic OH excluding ortho intramolecular Hbond substituents is 1. The largest absolute Gasteiger partial charge is 0.508 e. The number of carbonyl (C=O) groups is 1. The molecule has 0 atom stereocenters. The topological polar surface area (TPSA) is 94.3 Å². The van der Waals surface area contributed by atoms with Crippen molar-refractivity contribution in [3.05, 3.63) is 83.2 Å². The van der Waals surface area contributed by atoms with Crippen molar-refractivity contribution in [3.8, 4) is 16.9 Å². The third-order valence-electron chi connectivity index (χ3n) is 5.72. The summed E-state index contributed by atoms with van der Waals surface area (Å²) in [4.78, 5) is 12.5. The predicted molar refractivity (Wildman–Crippen MR) is 120 cm³/mol. The van der Waals surface area contributed by atoms with Gasteiger partial charge in [-0.05, 0) is 55.3 Å². The molecule has 0 unspecified atom stereocenters. The standard InChI is InChI=1S/C25H21N3O3/c1-14-23(15(2)31-27-14)17-10-20(25(26)30)24-19-12-18(29)8-9-21(19)28(22(24)11-17)13-16-6-4-3-5-7-16/h3-12,29H,13H2,1-2H3,(H2,26,30). The van der Waals surface area contributed by atoms with Crippen molar-refractivity contribution in [1.29, 1.82) is 0 Å². The van der Waals surface area contributed by atoms with Gasteiger partial charge in [0.25, 0.3) is 0 Å². The number of aryl methyl sites for hydroxylation is 2. The molecule has 0 spiro atoms. The first-order valence-corrected chi connectivity index (χ1v) is 10.00. The highest BCUT2D eigenvalue weighted by molar-refractivity contribution is 6.19. The number of hydrogen-bond acceptors (Lipinski definition) is 4. The van der Waals surface area contributed by atoms with E-state index in [-0.39, 0.29) is 5.75 Å². The summed E-state index contributed by atoms with van der Waals surface area (Å²) in [6.45, 7) is 4.33. The van der Waals surface area contributed by atoms with Gasteiger partial charge in [0.05, 0.1) is 11.2 Å². The molecule has 31 heavy (non-hydrogen) atoms. The van der Waals surface area contributed by atoms with Gasteiger partial charge in [0, 0.05) is 34.0 Å². The lowest BCUT2D eigenvalue weighted by Gasteiger charge is -2.10. The van der Waals surface area contributed by atoms with Crippen LogP contribution in [0.5, 0.6) is 5.75 Å². The third-order valence-corrected chi connectivity index (χ3v) is 5.72. The summed E-state index contributed by atoms with van der Waals surface area (Å²) in [5.74, 6) is 0.285. The van der Waals surface area contributed by atoms with Gasteiger partial charge in [0.15, 0.2) is 0 Å². The number of rotatable bonds is 4. The Hall–Kier alpha value is -4.06. The fourth-order valence-corrected chi connectivity index (χ4v) is 4.38. The average molecular weight is 411 g/mol. The van der Waals surface area contributed by atoms with Gasteiger partial charge in [-0.25, -0.2) is 0 Å². The molecule has 0 aliphatic carbocycles. The second-order valence-electron chi connectivity index (χ2n) is 7.75. The molecule has 5 aromatic rings. The highest BCUT2D eigenvalue weighted by Crippen LogP contribution is 2.38. The molecule has 0 fully saturated rings. The Morgan fingerprint density at radius 1 is 1.06 bits per heavy atom. The minimum Gasteiger partial charge on any atom is -0.508 e. The van der Waals surface area contributed by atoms with Crippen LogP contribution in [-0.4, -0.2) is 20.7 Å². The maximum atomic E-state index is 12.5. The van der Waals surface area contributed by atoms with Crippen LogP contribution < -0.4 is 5.73 Å². The Morgan fingerprint density at radius 2 is 1.84 bits per heavy atom. The van der Waals surface area contributed by atoms with Gasteiger partial charge in [-0.15, -0.1) is 0 Å². The quantitative estimate of drug-likeness (QED) is 0.439. The van der Waals surface area contributed by atoms with Crippen LogP contribution in [0, 0.1) is 13.8 Å². The first-order valence-electron chi connectivity index (χ1n) is 10.00. The van der Waals surface area contributed by atoms with Crippen LogP contribution in [0.4, 0.5) is 0 Å². The number of nitrogens with zero attached hydrogens (tertiary/aromatic N) is 2.